The number of nitrogens with zero attached hydrogens (tertiary/aromatic N) is 1. The summed E-state index contributed by atoms with van der Waals surface area (Å²) in [7, 11) is 3.49. The van der Waals surface area contributed by atoms with Gasteiger partial charge in [0.1, 0.15) is 5.75 Å². The van der Waals surface area contributed by atoms with Gasteiger partial charge in [0, 0.05) is 25.8 Å². The number of benzene rings is 1. The fraction of sp³-hybridized carbons (Fsp3) is 0.500. The Balaban J connectivity index is 2.57. The Kier molecular flexibility index (Phi) is 5.49. The molecule has 4 heteroatoms. The molecule has 0 aliphatic carbocycles. The summed E-state index contributed by atoms with van der Waals surface area (Å²) in [5.41, 5.74) is 0.894. The summed E-state index contributed by atoms with van der Waals surface area (Å²) in [5, 5.41) is 3.09. The van der Waals surface area contributed by atoms with Gasteiger partial charge in [-0.25, -0.2) is 0 Å². The van der Waals surface area contributed by atoms with E-state index in [4.69, 9.17) is 4.74 Å². The number of likely N-dealkylation sites (N-methyl/N-ethyl adjacent to an activating group) is 1. The van der Waals surface area contributed by atoms with Crippen LogP contribution in [0, 0.1) is 0 Å². The molecule has 0 bridgehead atoms. The highest BCUT2D eigenvalue weighted by atomic mass is 16.5. The van der Waals surface area contributed by atoms with Gasteiger partial charge in [0.2, 0.25) is 5.91 Å². The average molecular weight is 250 g/mol. The minimum absolute atomic E-state index is 0.0447. The maximum absolute atomic E-state index is 11.5. The molecule has 18 heavy (non-hydrogen) atoms. The quantitative estimate of drug-likeness (QED) is 0.842. The largest absolute Gasteiger partial charge is 0.491 e. The van der Waals surface area contributed by atoms with Gasteiger partial charge in [-0.2, -0.15) is 0 Å². The lowest BCUT2D eigenvalue weighted by Crippen LogP contribution is -2.28. The summed E-state index contributed by atoms with van der Waals surface area (Å²) in [6, 6.07) is 7.67. The summed E-state index contributed by atoms with van der Waals surface area (Å²) in [6.45, 7) is 4.41. The molecular formula is C14H22N2O2. The van der Waals surface area contributed by atoms with Crippen LogP contribution in [0.15, 0.2) is 24.3 Å². The second-order valence-electron chi connectivity index (χ2n) is 4.51. The third kappa shape index (κ3) is 4.65. The highest BCUT2D eigenvalue weighted by molar-refractivity contribution is 5.80. The van der Waals surface area contributed by atoms with Gasteiger partial charge in [0.05, 0.1) is 12.6 Å². The number of carbonyl (C=O) groups is 1. The van der Waals surface area contributed by atoms with Crippen molar-refractivity contribution >= 4 is 11.6 Å². The molecule has 1 aromatic carbocycles. The maximum Gasteiger partial charge on any atom is 0.241 e. The molecule has 0 fully saturated rings. The van der Waals surface area contributed by atoms with E-state index in [-0.39, 0.29) is 12.0 Å². The highest BCUT2D eigenvalue weighted by Crippen LogP contribution is 2.19. The molecule has 1 amide bonds. The normalized spacial score (nSPS) is 11.8. The predicted molar refractivity (Wildman–Crippen MR) is 74.0 cm³/mol. The molecule has 1 N–H and O–H groups in total. The molecule has 0 radical (unpaired) electrons. The smallest absolute Gasteiger partial charge is 0.241 e. The van der Waals surface area contributed by atoms with E-state index in [1.165, 1.54) is 0 Å². The van der Waals surface area contributed by atoms with Gasteiger partial charge < -0.3 is 15.0 Å². The minimum Gasteiger partial charge on any atom is -0.491 e. The van der Waals surface area contributed by atoms with Crippen molar-refractivity contribution in [3.8, 4) is 5.75 Å². The second-order valence-corrected chi connectivity index (χ2v) is 4.51. The molecule has 4 nitrogen and oxygen atoms in total. The zero-order valence-corrected chi connectivity index (χ0v) is 11.6. The third-order valence-electron chi connectivity index (χ3n) is 2.69. The number of anilines is 1. The molecule has 1 rings (SSSR count). The number of hydrogen-bond donors (Lipinski definition) is 1. The topological polar surface area (TPSA) is 41.6 Å². The van der Waals surface area contributed by atoms with Crippen LogP contribution in [0.1, 0.15) is 20.3 Å². The standard InChI is InChI=1S/C14H22N2O2/c1-5-11(2)18-13-8-6-7-12(9-13)15-10-14(17)16(3)4/h6-9,11,15H,5,10H2,1-4H3. The number of rotatable bonds is 6. The van der Waals surface area contributed by atoms with Crippen molar-refractivity contribution in [3.63, 3.8) is 0 Å². The summed E-state index contributed by atoms with van der Waals surface area (Å²) in [5.74, 6) is 0.870. The van der Waals surface area contributed by atoms with Crippen LogP contribution in [0.2, 0.25) is 0 Å². The molecular weight excluding hydrogens is 228 g/mol. The average Bonchev–Trinajstić information content (AvgIpc) is 2.36. The lowest BCUT2D eigenvalue weighted by atomic mass is 10.2. The lowest BCUT2D eigenvalue weighted by molar-refractivity contribution is -0.126. The van der Waals surface area contributed by atoms with Gasteiger partial charge in [0.25, 0.3) is 0 Å². The lowest BCUT2D eigenvalue weighted by Gasteiger charge is -2.15. The zero-order chi connectivity index (χ0) is 13.5. The van der Waals surface area contributed by atoms with E-state index in [0.29, 0.717) is 6.54 Å². The van der Waals surface area contributed by atoms with Crippen LogP contribution in [0.3, 0.4) is 0 Å². The van der Waals surface area contributed by atoms with Crippen molar-refractivity contribution < 1.29 is 9.53 Å². The zero-order valence-electron chi connectivity index (χ0n) is 11.6. The maximum atomic E-state index is 11.5. The van der Waals surface area contributed by atoms with Crippen molar-refractivity contribution in [3.05, 3.63) is 24.3 Å². The van der Waals surface area contributed by atoms with E-state index in [9.17, 15) is 4.79 Å². The molecule has 0 saturated heterocycles. The summed E-state index contributed by atoms with van der Waals surface area (Å²) in [6.07, 6.45) is 1.17. The van der Waals surface area contributed by atoms with Crippen molar-refractivity contribution in [2.24, 2.45) is 0 Å². The third-order valence-corrected chi connectivity index (χ3v) is 2.69. The summed E-state index contributed by atoms with van der Waals surface area (Å²) >= 11 is 0. The van der Waals surface area contributed by atoms with Crippen molar-refractivity contribution in [2.75, 3.05) is 26.0 Å². The monoisotopic (exact) mass is 250 g/mol. The molecule has 0 aromatic heterocycles. The van der Waals surface area contributed by atoms with Crippen LogP contribution in [-0.2, 0) is 4.79 Å². The molecule has 0 spiro atoms. The summed E-state index contributed by atoms with van der Waals surface area (Å²) < 4.78 is 5.72. The molecule has 0 aliphatic rings. The Hall–Kier alpha value is -1.71. The van der Waals surface area contributed by atoms with E-state index >= 15 is 0 Å². The summed E-state index contributed by atoms with van der Waals surface area (Å²) in [4.78, 5) is 13.0. The molecule has 1 unspecified atom stereocenters. The van der Waals surface area contributed by atoms with E-state index in [1.807, 2.05) is 31.2 Å². The van der Waals surface area contributed by atoms with Crippen LogP contribution in [-0.4, -0.2) is 37.6 Å². The van der Waals surface area contributed by atoms with E-state index < -0.39 is 0 Å². The van der Waals surface area contributed by atoms with Gasteiger partial charge >= 0.3 is 0 Å². The SMILES string of the molecule is CCC(C)Oc1cccc(NCC(=O)N(C)C)c1. The van der Waals surface area contributed by atoms with Crippen LogP contribution in [0.25, 0.3) is 0 Å². The van der Waals surface area contributed by atoms with Gasteiger partial charge in [-0.05, 0) is 25.5 Å². The minimum atomic E-state index is 0.0447. The molecule has 1 aromatic rings. The fourth-order valence-electron chi connectivity index (χ4n) is 1.33. The highest BCUT2D eigenvalue weighted by Gasteiger charge is 2.05. The Bertz CT molecular complexity index is 391. The van der Waals surface area contributed by atoms with Crippen LogP contribution in [0.4, 0.5) is 5.69 Å². The van der Waals surface area contributed by atoms with Gasteiger partial charge in [-0.3, -0.25) is 4.79 Å². The Labute approximate surface area is 109 Å². The fourth-order valence-corrected chi connectivity index (χ4v) is 1.33. The Morgan fingerprint density at radius 3 is 2.78 bits per heavy atom. The van der Waals surface area contributed by atoms with Crippen molar-refractivity contribution in [2.45, 2.75) is 26.4 Å². The first-order chi connectivity index (χ1) is 8.52. The predicted octanol–water partition coefficient (Wildman–Crippen LogP) is 2.36. The van der Waals surface area contributed by atoms with Crippen molar-refractivity contribution in [1.82, 2.24) is 4.90 Å². The first kappa shape index (κ1) is 14.4. The van der Waals surface area contributed by atoms with E-state index in [2.05, 4.69) is 12.2 Å². The van der Waals surface area contributed by atoms with Gasteiger partial charge in [-0.15, -0.1) is 0 Å². The number of amides is 1. The first-order valence-corrected chi connectivity index (χ1v) is 6.23. The number of nitrogens with one attached hydrogen (secondary N) is 1. The van der Waals surface area contributed by atoms with Crippen LogP contribution in [0.5, 0.6) is 5.75 Å². The Morgan fingerprint density at radius 1 is 1.44 bits per heavy atom. The molecule has 100 valence electrons. The molecule has 1 atom stereocenters. The van der Waals surface area contributed by atoms with E-state index in [0.717, 1.165) is 17.9 Å². The first-order valence-electron chi connectivity index (χ1n) is 6.23. The molecule has 0 heterocycles. The van der Waals surface area contributed by atoms with E-state index in [1.54, 1.807) is 19.0 Å². The molecule has 0 aliphatic heterocycles. The number of carbonyl (C=O) groups excluding carboxylic acids is 1. The van der Waals surface area contributed by atoms with Crippen LogP contribution >= 0.6 is 0 Å². The van der Waals surface area contributed by atoms with Crippen molar-refractivity contribution in [1.29, 1.82) is 0 Å². The number of hydrogen-bond acceptors (Lipinski definition) is 3. The van der Waals surface area contributed by atoms with Crippen LogP contribution < -0.4 is 10.1 Å². The second kappa shape index (κ2) is 6.89. The van der Waals surface area contributed by atoms with Gasteiger partial charge in [0.15, 0.2) is 0 Å². The molecule has 0 saturated carbocycles. The number of ether oxygens (including phenoxy) is 1. The Morgan fingerprint density at radius 2 is 2.17 bits per heavy atom. The van der Waals surface area contributed by atoms with Gasteiger partial charge in [-0.1, -0.05) is 13.0 Å².